The van der Waals surface area contributed by atoms with Gasteiger partial charge < -0.3 is 75.8 Å². The molecule has 3 fully saturated rings. The number of rotatable bonds is 34. The quantitative estimate of drug-likeness (QED) is 0.0271. The second-order valence-electron chi connectivity index (χ2n) is 26.8. The van der Waals surface area contributed by atoms with E-state index in [0.29, 0.717) is 0 Å². The Hall–Kier alpha value is -10.4. The molecular formula is C90H88O20. The molecule has 3 heterocycles. The predicted octanol–water partition coefficient (Wildman–Crippen LogP) is 14.2. The lowest BCUT2D eigenvalue weighted by molar-refractivity contribution is -0.370. The summed E-state index contributed by atoms with van der Waals surface area (Å²) in [5.74, 6) is -3.46. The van der Waals surface area contributed by atoms with Crippen molar-refractivity contribution in [2.45, 2.75) is 139 Å². The molecule has 0 saturated carbocycles. The summed E-state index contributed by atoms with van der Waals surface area (Å²) >= 11 is 0. The summed E-state index contributed by atoms with van der Waals surface area (Å²) < 4.78 is 110. The number of methoxy groups -OCH3 is 1. The van der Waals surface area contributed by atoms with Gasteiger partial charge in [-0.05, 0) is 88.8 Å². The first-order valence-electron chi connectivity index (χ1n) is 36.7. The maximum atomic E-state index is 15.2. The fourth-order valence-corrected chi connectivity index (χ4v) is 13.2. The fourth-order valence-electron chi connectivity index (χ4n) is 13.2. The number of hydrogen-bond donors (Lipinski definition) is 0. The Bertz CT molecular complexity index is 4410. The Morgan fingerprint density at radius 3 is 0.955 bits per heavy atom. The highest BCUT2D eigenvalue weighted by atomic mass is 16.8. The lowest BCUT2D eigenvalue weighted by Crippen LogP contribution is -2.67. The third kappa shape index (κ3) is 21.3. The van der Waals surface area contributed by atoms with E-state index in [4.69, 9.17) is 75.8 Å². The van der Waals surface area contributed by atoms with Crippen molar-refractivity contribution >= 4 is 23.9 Å². The molecule has 0 spiro atoms. The predicted molar refractivity (Wildman–Crippen MR) is 403 cm³/mol. The van der Waals surface area contributed by atoms with Gasteiger partial charge in [-0.1, -0.05) is 254 Å². The molecule has 20 heteroatoms. The number of carbonyl (C=O) groups is 4. The summed E-state index contributed by atoms with van der Waals surface area (Å²) in [6.07, 6.45) is -21.1. The van der Waals surface area contributed by atoms with Crippen molar-refractivity contribution in [3.05, 3.63) is 358 Å². The molecule has 0 aromatic heterocycles. The zero-order valence-corrected chi connectivity index (χ0v) is 61.0. The molecule has 10 aromatic rings. The molecule has 15 atom stereocenters. The zero-order valence-electron chi connectivity index (χ0n) is 61.0. The van der Waals surface area contributed by atoms with Gasteiger partial charge in [0, 0.05) is 7.11 Å². The van der Waals surface area contributed by atoms with Crippen molar-refractivity contribution in [3.63, 3.8) is 0 Å². The number of aryl methyl sites for hydroxylation is 1. The Kier molecular flexibility index (Phi) is 28.1. The van der Waals surface area contributed by atoms with Crippen LogP contribution in [0.3, 0.4) is 0 Å². The summed E-state index contributed by atoms with van der Waals surface area (Å²) in [4.78, 5) is 60.6. The van der Waals surface area contributed by atoms with Crippen LogP contribution in [0, 0.1) is 6.92 Å². The molecule has 3 saturated heterocycles. The summed E-state index contributed by atoms with van der Waals surface area (Å²) in [5.41, 5.74) is 6.36. The van der Waals surface area contributed by atoms with Crippen LogP contribution in [0.15, 0.2) is 297 Å². The number of carbonyl (C=O) groups excluding carboxylic acids is 4. The third-order valence-corrected chi connectivity index (χ3v) is 18.9. The molecule has 0 unspecified atom stereocenters. The number of ether oxygens (including phenoxy) is 16. The van der Waals surface area contributed by atoms with Crippen molar-refractivity contribution < 1.29 is 95.0 Å². The molecule has 10 aromatic carbocycles. The van der Waals surface area contributed by atoms with Gasteiger partial charge in [-0.2, -0.15) is 0 Å². The highest BCUT2D eigenvalue weighted by Gasteiger charge is 2.58. The SMILES string of the molecule is CO[C@H]1O[C@H](COCc2ccccc2)[C@@H](O[C@@H]2O[C@H](CO[C@@H]3O[C@H](COCc4ccccc4)[C@@H](OCc4ccccc4)[C@H](OCc4ccccc4)[C@H]3OC(=O)c3ccc(C)cc3)[C@@H](OC(=O)c3ccccc3)[C@H](OC(=O)c3ccccc3)[C@H]2OC(=O)c2ccccc2)[C@H](OCc2ccccc2)[C@H]1OCc1ccccc1. The molecule has 0 amide bonds. The molecule has 3 aliphatic rings. The monoisotopic (exact) mass is 1490 g/mol. The molecule has 13 rings (SSSR count). The molecule has 0 bridgehead atoms. The Morgan fingerprint density at radius 1 is 0.264 bits per heavy atom. The number of hydrogen-bond acceptors (Lipinski definition) is 20. The minimum atomic E-state index is -1.86. The van der Waals surface area contributed by atoms with Gasteiger partial charge in [0.15, 0.2) is 43.3 Å². The normalized spacial score (nSPS) is 23.8. The van der Waals surface area contributed by atoms with E-state index in [9.17, 15) is 0 Å². The molecule has 568 valence electrons. The third-order valence-electron chi connectivity index (χ3n) is 18.9. The first-order valence-corrected chi connectivity index (χ1v) is 36.7. The molecule has 3 aliphatic heterocycles. The van der Waals surface area contributed by atoms with Crippen molar-refractivity contribution in [1.82, 2.24) is 0 Å². The van der Waals surface area contributed by atoms with Crippen molar-refractivity contribution in [2.75, 3.05) is 26.9 Å². The first kappa shape index (κ1) is 77.7. The maximum absolute atomic E-state index is 15.2. The van der Waals surface area contributed by atoms with E-state index in [1.807, 2.05) is 189 Å². The van der Waals surface area contributed by atoms with Crippen LogP contribution in [-0.2, 0) is 115 Å². The smallest absolute Gasteiger partial charge is 0.338 e. The first-order chi connectivity index (χ1) is 54.1. The minimum Gasteiger partial charge on any atom is -0.452 e. The van der Waals surface area contributed by atoms with Gasteiger partial charge in [0.1, 0.15) is 48.8 Å². The van der Waals surface area contributed by atoms with E-state index >= 15 is 19.2 Å². The van der Waals surface area contributed by atoms with Gasteiger partial charge >= 0.3 is 23.9 Å². The molecule has 0 aliphatic carbocycles. The minimum absolute atomic E-state index is 0.00191. The highest BCUT2D eigenvalue weighted by Crippen LogP contribution is 2.39. The molecular weight excluding hydrogens is 1400 g/mol. The fraction of sp³-hybridized carbons (Fsp3) is 0.289. The van der Waals surface area contributed by atoms with Gasteiger partial charge in [-0.25, -0.2) is 19.2 Å². The lowest BCUT2D eigenvalue weighted by Gasteiger charge is -2.49. The van der Waals surface area contributed by atoms with E-state index in [1.54, 1.807) is 115 Å². The highest BCUT2D eigenvalue weighted by molar-refractivity contribution is 5.91. The topological polar surface area (TPSA) is 216 Å². The molecule has 20 nitrogen and oxygen atoms in total. The van der Waals surface area contributed by atoms with Crippen LogP contribution < -0.4 is 0 Å². The molecule has 0 radical (unpaired) electrons. The van der Waals surface area contributed by atoms with E-state index in [2.05, 4.69) is 0 Å². The van der Waals surface area contributed by atoms with Crippen LogP contribution in [0.1, 0.15) is 80.4 Å². The second-order valence-corrected chi connectivity index (χ2v) is 26.8. The Labute approximate surface area is 639 Å². The summed E-state index contributed by atoms with van der Waals surface area (Å²) in [7, 11) is 1.50. The van der Waals surface area contributed by atoms with Crippen LogP contribution in [0.4, 0.5) is 0 Å². The average Bonchev–Trinajstić information content (AvgIpc) is 0.762. The van der Waals surface area contributed by atoms with E-state index in [1.165, 1.54) is 7.11 Å². The summed E-state index contributed by atoms with van der Waals surface area (Å²) in [6, 6.07) is 88.7. The summed E-state index contributed by atoms with van der Waals surface area (Å²) in [5, 5.41) is 0. The van der Waals surface area contributed by atoms with Crippen LogP contribution >= 0.6 is 0 Å². The standard InChI is InChI=1S/C90H88O20/c1-61-48-50-71(51-49-61)87(94)108-82-78(99-55-65-36-18-6-19-37-65)75(98-54-64-34-16-5-17-35-64)72(58-96-52-62-30-12-3-13-31-62)104-89(82)102-60-74-77(106-84(91)68-42-24-9-25-43-68)80(107-85(92)69-44-26-10-27-45-69)83(109-86(93)70-46-28-11-29-47-70)90(105-74)110-76-73(59-97-53-63-32-14-4-15-33-63)103-88(95-2)81(101-57-67-40-22-8-23-41-67)79(76)100-56-66-38-20-7-21-39-66/h3-51,72-83,88-90H,52-60H2,1-2H3/t72-,73-,74-,75-,76-,77-,78+,79+,80+,81-,82-,83-,88+,89-,90+/m1/s1. The van der Waals surface area contributed by atoms with Crippen LogP contribution in [0.2, 0.25) is 0 Å². The van der Waals surface area contributed by atoms with Crippen molar-refractivity contribution in [3.8, 4) is 0 Å². The van der Waals surface area contributed by atoms with Crippen molar-refractivity contribution in [2.24, 2.45) is 0 Å². The zero-order chi connectivity index (χ0) is 75.6. The maximum Gasteiger partial charge on any atom is 0.338 e. The largest absolute Gasteiger partial charge is 0.452 e. The van der Waals surface area contributed by atoms with Crippen LogP contribution in [0.25, 0.3) is 0 Å². The summed E-state index contributed by atoms with van der Waals surface area (Å²) in [6.45, 7) is 1.44. The second kappa shape index (κ2) is 39.8. The van der Waals surface area contributed by atoms with E-state index in [0.717, 1.165) is 38.9 Å². The Morgan fingerprint density at radius 2 is 0.555 bits per heavy atom. The van der Waals surface area contributed by atoms with Crippen LogP contribution in [0.5, 0.6) is 0 Å². The lowest BCUT2D eigenvalue weighted by atomic mass is 9.95. The van der Waals surface area contributed by atoms with Gasteiger partial charge in [0.2, 0.25) is 0 Å². The van der Waals surface area contributed by atoms with Gasteiger partial charge in [-0.15, -0.1) is 0 Å². The van der Waals surface area contributed by atoms with E-state index < -0.39 is 123 Å². The average molecular weight is 1490 g/mol. The van der Waals surface area contributed by atoms with Crippen molar-refractivity contribution in [1.29, 1.82) is 0 Å². The Balaban J connectivity index is 0.950. The van der Waals surface area contributed by atoms with Gasteiger partial charge in [0.05, 0.1) is 81.7 Å². The van der Waals surface area contributed by atoms with E-state index in [-0.39, 0.29) is 75.1 Å². The molecule has 0 N–H and O–H groups in total. The van der Waals surface area contributed by atoms with Gasteiger partial charge in [-0.3, -0.25) is 0 Å². The molecule has 110 heavy (non-hydrogen) atoms. The number of esters is 4. The number of benzene rings is 10. The van der Waals surface area contributed by atoms with Gasteiger partial charge in [0.25, 0.3) is 0 Å². The van der Waals surface area contributed by atoms with Crippen LogP contribution in [-0.4, -0.2) is 143 Å².